The van der Waals surface area contributed by atoms with Crippen LogP contribution in [0.3, 0.4) is 0 Å². The van der Waals surface area contributed by atoms with Gasteiger partial charge in [-0.1, -0.05) is 0 Å². The van der Waals surface area contributed by atoms with Crippen LogP contribution in [-0.2, 0) is 21.2 Å². The number of aliphatic hydroxyl groups is 1. The zero-order valence-electron chi connectivity index (χ0n) is 11.6. The lowest BCUT2D eigenvalue weighted by molar-refractivity contribution is -0.158. The highest BCUT2D eigenvalue weighted by Crippen LogP contribution is 2.44. The van der Waals surface area contributed by atoms with Gasteiger partial charge in [-0.25, -0.2) is 13.4 Å². The normalized spacial score (nSPS) is 21.0. The van der Waals surface area contributed by atoms with Gasteiger partial charge in [-0.15, -0.1) is 11.3 Å². The maximum absolute atomic E-state index is 12.1. The fourth-order valence-corrected chi connectivity index (χ4v) is 4.09. The summed E-state index contributed by atoms with van der Waals surface area (Å²) in [5.41, 5.74) is -0.140. The van der Waals surface area contributed by atoms with Gasteiger partial charge in [-0.3, -0.25) is 9.52 Å². The highest BCUT2D eigenvalue weighted by atomic mass is 32.2. The Morgan fingerprint density at radius 3 is 2.81 bits per heavy atom. The zero-order valence-corrected chi connectivity index (χ0v) is 13.2. The fourth-order valence-electron chi connectivity index (χ4n) is 2.53. The van der Waals surface area contributed by atoms with Crippen LogP contribution in [0.5, 0.6) is 0 Å². The largest absolute Gasteiger partial charge is 0.386 e. The van der Waals surface area contributed by atoms with Crippen LogP contribution in [0.2, 0.25) is 0 Å². The van der Waals surface area contributed by atoms with E-state index < -0.39 is 15.6 Å². The van der Waals surface area contributed by atoms with Gasteiger partial charge in [0.2, 0.25) is 15.9 Å². The molecule has 0 atom stereocenters. The van der Waals surface area contributed by atoms with Crippen molar-refractivity contribution in [1.29, 1.82) is 0 Å². The van der Waals surface area contributed by atoms with Crippen molar-refractivity contribution in [2.45, 2.75) is 24.9 Å². The summed E-state index contributed by atoms with van der Waals surface area (Å²) in [6, 6.07) is 0. The first-order valence-corrected chi connectivity index (χ1v) is 9.45. The molecule has 0 unspecified atom stereocenters. The van der Waals surface area contributed by atoms with Crippen molar-refractivity contribution >= 4 is 32.4 Å². The summed E-state index contributed by atoms with van der Waals surface area (Å²) < 4.78 is 24.5. The number of rotatable bonds is 5. The van der Waals surface area contributed by atoms with Gasteiger partial charge < -0.3 is 10.0 Å². The van der Waals surface area contributed by atoms with E-state index in [0.29, 0.717) is 24.7 Å². The monoisotopic (exact) mass is 331 g/mol. The second-order valence-electron chi connectivity index (χ2n) is 5.82. The van der Waals surface area contributed by atoms with Gasteiger partial charge in [-0.2, -0.15) is 0 Å². The first kappa shape index (κ1) is 14.7. The number of hydrogen-bond acceptors (Lipinski definition) is 6. The second-order valence-corrected chi connectivity index (χ2v) is 8.43. The molecule has 0 spiro atoms. The summed E-state index contributed by atoms with van der Waals surface area (Å²) in [4.78, 5) is 17.8. The van der Waals surface area contributed by atoms with Crippen molar-refractivity contribution in [3.63, 3.8) is 0 Å². The number of amides is 1. The van der Waals surface area contributed by atoms with Gasteiger partial charge >= 0.3 is 0 Å². The summed E-state index contributed by atoms with van der Waals surface area (Å²) in [5, 5.41) is 12.1. The lowest BCUT2D eigenvalue weighted by Crippen LogP contribution is -2.65. The molecule has 1 aliphatic carbocycles. The van der Waals surface area contributed by atoms with Gasteiger partial charge in [0.25, 0.3) is 0 Å². The molecule has 2 aliphatic rings. The fraction of sp³-hybridized carbons (Fsp3) is 0.667. The first-order valence-electron chi connectivity index (χ1n) is 6.67. The molecular formula is C12H17N3O4S2. The van der Waals surface area contributed by atoms with Crippen LogP contribution in [0.15, 0.2) is 5.38 Å². The summed E-state index contributed by atoms with van der Waals surface area (Å²) in [5.74, 6) is 0.267. The summed E-state index contributed by atoms with van der Waals surface area (Å²) >= 11 is 1.15. The van der Waals surface area contributed by atoms with Gasteiger partial charge in [0.15, 0.2) is 5.13 Å². The highest BCUT2D eigenvalue weighted by Gasteiger charge is 2.53. The third-order valence-electron chi connectivity index (χ3n) is 3.78. The van der Waals surface area contributed by atoms with E-state index in [1.54, 1.807) is 10.3 Å². The smallest absolute Gasteiger partial charge is 0.231 e. The molecular weight excluding hydrogens is 314 g/mol. The molecule has 9 heteroatoms. The summed E-state index contributed by atoms with van der Waals surface area (Å²) in [7, 11) is -3.35. The molecule has 1 aliphatic heterocycles. The predicted molar refractivity (Wildman–Crippen MR) is 78.5 cm³/mol. The Kier molecular flexibility index (Phi) is 3.45. The third kappa shape index (κ3) is 3.35. The third-order valence-corrected chi connectivity index (χ3v) is 5.28. The van der Waals surface area contributed by atoms with E-state index in [1.165, 1.54) is 0 Å². The number of aromatic nitrogens is 1. The maximum Gasteiger partial charge on any atom is 0.231 e. The van der Waals surface area contributed by atoms with Crippen LogP contribution in [0, 0.1) is 5.92 Å². The molecule has 2 heterocycles. The van der Waals surface area contributed by atoms with E-state index in [9.17, 15) is 18.3 Å². The Hall–Kier alpha value is -1.19. The average molecular weight is 331 g/mol. The number of carbonyl (C=O) groups excluding carboxylic acids is 1. The van der Waals surface area contributed by atoms with Gasteiger partial charge in [0.1, 0.15) is 5.60 Å². The van der Waals surface area contributed by atoms with Gasteiger partial charge in [0.05, 0.1) is 31.5 Å². The first-order chi connectivity index (χ1) is 9.75. The van der Waals surface area contributed by atoms with Gasteiger partial charge in [0, 0.05) is 5.38 Å². The Morgan fingerprint density at radius 1 is 1.57 bits per heavy atom. The zero-order chi connectivity index (χ0) is 15.3. The molecule has 1 saturated carbocycles. The second kappa shape index (κ2) is 4.92. The molecule has 116 valence electrons. The Labute approximate surface area is 127 Å². The van der Waals surface area contributed by atoms with E-state index in [4.69, 9.17) is 0 Å². The predicted octanol–water partition coefficient (Wildman–Crippen LogP) is 0.0404. The number of thiazole rings is 1. The SMILES string of the molecule is CS(=O)(=O)Nc1nc(CC(=O)N2CC(O)(C3CC3)C2)cs1. The molecule has 7 nitrogen and oxygen atoms in total. The average Bonchev–Trinajstić information content (AvgIpc) is 3.08. The minimum atomic E-state index is -3.35. The van der Waals surface area contributed by atoms with Crippen molar-refractivity contribution in [3.05, 3.63) is 11.1 Å². The number of hydrogen-bond donors (Lipinski definition) is 2. The van der Waals surface area contributed by atoms with Crippen molar-refractivity contribution in [2.75, 3.05) is 24.1 Å². The lowest BCUT2D eigenvalue weighted by atomic mass is 9.88. The maximum atomic E-state index is 12.1. The molecule has 21 heavy (non-hydrogen) atoms. The lowest BCUT2D eigenvalue weighted by Gasteiger charge is -2.47. The molecule has 1 saturated heterocycles. The molecule has 1 amide bonds. The van der Waals surface area contributed by atoms with E-state index in [0.717, 1.165) is 30.4 Å². The van der Waals surface area contributed by atoms with Crippen molar-refractivity contribution in [2.24, 2.45) is 5.92 Å². The van der Waals surface area contributed by atoms with Gasteiger partial charge in [-0.05, 0) is 18.8 Å². The number of sulfonamides is 1. The van der Waals surface area contributed by atoms with E-state index in [-0.39, 0.29) is 17.5 Å². The number of anilines is 1. The van der Waals surface area contributed by atoms with E-state index in [2.05, 4.69) is 9.71 Å². The van der Waals surface area contributed by atoms with Crippen LogP contribution < -0.4 is 4.72 Å². The molecule has 3 rings (SSSR count). The van der Waals surface area contributed by atoms with Crippen LogP contribution >= 0.6 is 11.3 Å². The minimum absolute atomic E-state index is 0.0865. The highest BCUT2D eigenvalue weighted by molar-refractivity contribution is 7.92. The quantitative estimate of drug-likeness (QED) is 0.793. The van der Waals surface area contributed by atoms with Crippen molar-refractivity contribution in [1.82, 2.24) is 9.88 Å². The molecule has 1 aromatic heterocycles. The molecule has 2 fully saturated rings. The van der Waals surface area contributed by atoms with Crippen molar-refractivity contribution in [3.8, 4) is 0 Å². The minimum Gasteiger partial charge on any atom is -0.386 e. The molecule has 0 bridgehead atoms. The molecule has 2 N–H and O–H groups in total. The Morgan fingerprint density at radius 2 is 2.24 bits per heavy atom. The number of nitrogens with one attached hydrogen (secondary N) is 1. The number of carbonyl (C=O) groups is 1. The van der Waals surface area contributed by atoms with E-state index in [1.807, 2.05) is 0 Å². The van der Waals surface area contributed by atoms with Crippen LogP contribution in [0.4, 0.5) is 5.13 Å². The number of β-amino-alcohol motifs (C(OH)–C–C–N with tert-alkyl or cyclic N) is 1. The molecule has 0 radical (unpaired) electrons. The van der Waals surface area contributed by atoms with E-state index >= 15 is 0 Å². The Bertz CT molecular complexity index is 660. The van der Waals surface area contributed by atoms with Crippen molar-refractivity contribution < 1.29 is 18.3 Å². The van der Waals surface area contributed by atoms with Crippen LogP contribution in [-0.4, -0.2) is 54.3 Å². The number of nitrogens with zero attached hydrogens (tertiary/aromatic N) is 2. The number of likely N-dealkylation sites (tertiary alicyclic amines) is 1. The topological polar surface area (TPSA) is 99.6 Å². The summed E-state index contributed by atoms with van der Waals surface area (Å²) in [6.07, 6.45) is 3.27. The standard InChI is InChI=1S/C12H17N3O4S2/c1-21(18,19)14-11-13-9(5-20-11)4-10(16)15-6-12(17,7-15)8-2-3-8/h5,8,17H,2-4,6-7H2,1H3,(H,13,14). The Balaban J connectivity index is 1.54. The summed E-state index contributed by atoms with van der Waals surface area (Å²) in [6.45, 7) is 0.796. The molecule has 1 aromatic rings. The van der Waals surface area contributed by atoms with Crippen LogP contribution in [0.1, 0.15) is 18.5 Å². The molecule has 0 aromatic carbocycles. The van der Waals surface area contributed by atoms with Crippen LogP contribution in [0.25, 0.3) is 0 Å².